The Morgan fingerprint density at radius 1 is 0.523 bits per heavy atom. The summed E-state index contributed by atoms with van der Waals surface area (Å²) >= 11 is 0. The van der Waals surface area contributed by atoms with Crippen LogP contribution in [0.4, 0.5) is 22.7 Å². The second-order valence-electron chi connectivity index (χ2n) is 9.98. The minimum Gasteiger partial charge on any atom is -0.378 e. The van der Waals surface area contributed by atoms with Crippen molar-refractivity contribution in [3.05, 3.63) is 152 Å². The predicted octanol–water partition coefficient (Wildman–Crippen LogP) is 7.11. The van der Waals surface area contributed by atoms with Crippen LogP contribution in [0, 0.1) is 20.2 Å². The van der Waals surface area contributed by atoms with E-state index in [1.54, 1.807) is 60.7 Å². The summed E-state index contributed by atoms with van der Waals surface area (Å²) in [5, 5.41) is 21.1. The number of hydrogen-bond acceptors (Lipinski definition) is 8. The zero-order valence-corrected chi connectivity index (χ0v) is 24.8. The van der Waals surface area contributed by atoms with E-state index in [1.165, 1.54) is 36.4 Å². The first-order valence-corrected chi connectivity index (χ1v) is 13.4. The summed E-state index contributed by atoms with van der Waals surface area (Å²) in [5.74, 6) is -0.215. The van der Waals surface area contributed by atoms with Gasteiger partial charge in [0.1, 0.15) is 0 Å². The molecule has 0 aromatic heterocycles. The number of carbonyl (C=O) groups is 2. The van der Waals surface area contributed by atoms with Gasteiger partial charge in [-0.15, -0.1) is 0 Å². The van der Waals surface area contributed by atoms with E-state index in [0.717, 1.165) is 22.5 Å². The van der Waals surface area contributed by atoms with Crippen LogP contribution in [-0.4, -0.2) is 49.6 Å². The van der Waals surface area contributed by atoms with Gasteiger partial charge in [-0.3, -0.25) is 29.8 Å². The molecule has 0 unspecified atom stereocenters. The van der Waals surface area contributed by atoms with E-state index >= 15 is 0 Å². The molecule has 0 radical (unpaired) electrons. The van der Waals surface area contributed by atoms with Crippen LogP contribution in [0.2, 0.25) is 0 Å². The fraction of sp³-hybridized carbons (Fsp3) is 0.118. The van der Waals surface area contributed by atoms with Gasteiger partial charge < -0.3 is 9.80 Å². The maximum Gasteiger partial charge on any atom is 0.269 e. The van der Waals surface area contributed by atoms with Crippen LogP contribution in [0.15, 0.2) is 109 Å². The van der Waals surface area contributed by atoms with Crippen molar-refractivity contribution in [1.82, 2.24) is 0 Å². The maximum absolute atomic E-state index is 12.1. The van der Waals surface area contributed by atoms with Gasteiger partial charge in [0.2, 0.25) is 0 Å². The first kappa shape index (κ1) is 32.6. The van der Waals surface area contributed by atoms with Crippen LogP contribution in [0.1, 0.15) is 31.8 Å². The summed E-state index contributed by atoms with van der Waals surface area (Å²) < 4.78 is 0. The number of hydrogen-bond donors (Lipinski definition) is 0. The average Bonchev–Trinajstić information content (AvgIpc) is 3.03. The Labute approximate surface area is 255 Å². The van der Waals surface area contributed by atoms with Gasteiger partial charge in [-0.2, -0.15) is 0 Å². The molecular formula is C34H32N4O6. The fourth-order valence-corrected chi connectivity index (χ4v) is 3.80. The number of nitrogens with zero attached hydrogens (tertiary/aromatic N) is 4. The van der Waals surface area contributed by atoms with Gasteiger partial charge in [0, 0.05) is 75.0 Å². The van der Waals surface area contributed by atoms with Crippen LogP contribution >= 0.6 is 0 Å². The molecule has 4 rings (SSSR count). The zero-order valence-electron chi connectivity index (χ0n) is 24.8. The van der Waals surface area contributed by atoms with Gasteiger partial charge in [0.15, 0.2) is 11.6 Å². The molecule has 0 bridgehead atoms. The number of carbonyl (C=O) groups excluding carboxylic acids is 2. The van der Waals surface area contributed by atoms with Gasteiger partial charge in [0.25, 0.3) is 11.4 Å². The number of nitro benzene ring substituents is 2. The van der Waals surface area contributed by atoms with Crippen LogP contribution in [-0.2, 0) is 0 Å². The molecule has 0 saturated carbocycles. The second-order valence-corrected chi connectivity index (χ2v) is 9.98. The highest BCUT2D eigenvalue weighted by atomic mass is 16.6. The van der Waals surface area contributed by atoms with Crippen molar-refractivity contribution in [2.45, 2.75) is 0 Å². The number of non-ortho nitro benzene ring substituents is 2. The summed E-state index contributed by atoms with van der Waals surface area (Å²) in [6.45, 7) is 0. The molecule has 0 aliphatic heterocycles. The topological polar surface area (TPSA) is 127 Å². The number of anilines is 2. The smallest absolute Gasteiger partial charge is 0.269 e. The molecule has 0 N–H and O–H groups in total. The monoisotopic (exact) mass is 592 g/mol. The van der Waals surface area contributed by atoms with E-state index in [1.807, 2.05) is 62.3 Å². The van der Waals surface area contributed by atoms with Gasteiger partial charge in [-0.25, -0.2) is 0 Å². The largest absolute Gasteiger partial charge is 0.378 e. The van der Waals surface area contributed by atoms with Crippen molar-refractivity contribution in [3.8, 4) is 0 Å². The molecule has 0 amide bonds. The molecule has 0 aliphatic carbocycles. The third kappa shape index (κ3) is 9.59. The summed E-state index contributed by atoms with van der Waals surface area (Å²) in [7, 11) is 7.74. The number of benzene rings is 4. The zero-order chi connectivity index (χ0) is 32.2. The van der Waals surface area contributed by atoms with E-state index in [4.69, 9.17) is 0 Å². The molecule has 0 aliphatic rings. The Morgan fingerprint density at radius 3 is 1.07 bits per heavy atom. The Hall–Kier alpha value is -5.90. The van der Waals surface area contributed by atoms with Gasteiger partial charge >= 0.3 is 0 Å². The number of nitro groups is 2. The van der Waals surface area contributed by atoms with Crippen molar-refractivity contribution in [2.75, 3.05) is 38.0 Å². The summed E-state index contributed by atoms with van der Waals surface area (Å²) in [4.78, 5) is 48.3. The Balaban J connectivity index is 0.000000240. The Bertz CT molecular complexity index is 1530. The summed E-state index contributed by atoms with van der Waals surface area (Å²) in [6, 6.07) is 26.7. The molecule has 4 aromatic carbocycles. The van der Waals surface area contributed by atoms with Crippen molar-refractivity contribution in [2.24, 2.45) is 0 Å². The summed E-state index contributed by atoms with van der Waals surface area (Å²) in [6.07, 6.45) is 6.22. The normalized spacial score (nSPS) is 10.6. The van der Waals surface area contributed by atoms with E-state index < -0.39 is 9.85 Å². The third-order valence-corrected chi connectivity index (χ3v) is 6.40. The molecule has 0 heterocycles. The van der Waals surface area contributed by atoms with E-state index in [2.05, 4.69) is 0 Å². The second kappa shape index (κ2) is 15.4. The van der Waals surface area contributed by atoms with Crippen molar-refractivity contribution < 1.29 is 19.4 Å². The fourth-order valence-electron chi connectivity index (χ4n) is 3.80. The molecule has 0 spiro atoms. The molecule has 10 nitrogen and oxygen atoms in total. The van der Waals surface area contributed by atoms with Crippen LogP contribution < -0.4 is 9.80 Å². The van der Waals surface area contributed by atoms with Gasteiger partial charge in [-0.1, -0.05) is 12.2 Å². The highest BCUT2D eigenvalue weighted by molar-refractivity contribution is 6.07. The molecule has 44 heavy (non-hydrogen) atoms. The van der Waals surface area contributed by atoms with Crippen LogP contribution in [0.25, 0.3) is 12.2 Å². The lowest BCUT2D eigenvalue weighted by atomic mass is 10.1. The van der Waals surface area contributed by atoms with Crippen molar-refractivity contribution in [3.63, 3.8) is 0 Å². The highest BCUT2D eigenvalue weighted by Gasteiger charge is 2.06. The molecule has 0 fully saturated rings. The predicted molar refractivity (Wildman–Crippen MR) is 174 cm³/mol. The third-order valence-electron chi connectivity index (χ3n) is 6.40. The van der Waals surface area contributed by atoms with Crippen LogP contribution in [0.3, 0.4) is 0 Å². The molecule has 10 heteroatoms. The van der Waals surface area contributed by atoms with Gasteiger partial charge in [-0.05, 0) is 96.1 Å². The SMILES string of the molecule is CN(C)c1ccc(C(=O)/C=C/c2ccc([N+](=O)[O-])cc2)cc1.CN(C)c1ccc(C(=O)/C=C/c2ccc([N+](=O)[O-])cc2)cc1. The Morgan fingerprint density at radius 2 is 0.818 bits per heavy atom. The standard InChI is InChI=1S/2C17H16N2O3/c2*1-18(2)15-10-6-14(7-11-15)17(20)12-5-13-3-8-16(9-4-13)19(21)22/h2*3-12H,1-2H3/b2*12-5+. The number of ketones is 2. The number of allylic oxidation sites excluding steroid dienone is 2. The van der Waals surface area contributed by atoms with E-state index in [-0.39, 0.29) is 22.9 Å². The summed E-state index contributed by atoms with van der Waals surface area (Å²) in [5.41, 5.74) is 4.79. The molecule has 0 atom stereocenters. The van der Waals surface area contributed by atoms with Crippen LogP contribution in [0.5, 0.6) is 0 Å². The molecule has 224 valence electrons. The quantitative estimate of drug-likeness (QED) is 0.0825. The lowest BCUT2D eigenvalue weighted by molar-refractivity contribution is -0.385. The Kier molecular flexibility index (Phi) is 11.4. The highest BCUT2D eigenvalue weighted by Crippen LogP contribution is 2.17. The van der Waals surface area contributed by atoms with Crippen molar-refractivity contribution >= 4 is 46.5 Å². The van der Waals surface area contributed by atoms with Gasteiger partial charge in [0.05, 0.1) is 9.85 Å². The van der Waals surface area contributed by atoms with E-state index in [0.29, 0.717) is 11.1 Å². The van der Waals surface area contributed by atoms with Crippen molar-refractivity contribution in [1.29, 1.82) is 0 Å². The maximum atomic E-state index is 12.1. The molecule has 4 aromatic rings. The molecule has 0 saturated heterocycles. The minimum atomic E-state index is -0.453. The number of rotatable bonds is 10. The lowest BCUT2D eigenvalue weighted by Gasteiger charge is -2.11. The molecular weight excluding hydrogens is 560 g/mol. The first-order chi connectivity index (χ1) is 20.9. The minimum absolute atomic E-state index is 0.0303. The average molecular weight is 593 g/mol. The van der Waals surface area contributed by atoms with E-state index in [9.17, 15) is 29.8 Å². The first-order valence-electron chi connectivity index (χ1n) is 13.4. The lowest BCUT2D eigenvalue weighted by Crippen LogP contribution is -2.08.